The zero-order valence-corrected chi connectivity index (χ0v) is 17.1. The van der Waals surface area contributed by atoms with Gasteiger partial charge < -0.3 is 0 Å². The zero-order chi connectivity index (χ0) is 18.7. The number of carbonyl (C=O) groups excluding carboxylic acids is 1. The second kappa shape index (κ2) is 8.06. The van der Waals surface area contributed by atoms with Gasteiger partial charge in [0.15, 0.2) is 5.13 Å². The molecule has 0 saturated heterocycles. The number of hydrogen-bond acceptors (Lipinski definition) is 4. The van der Waals surface area contributed by atoms with Crippen LogP contribution in [-0.2, 0) is 5.75 Å². The normalized spacial score (nSPS) is 10.8. The van der Waals surface area contributed by atoms with Gasteiger partial charge in [0.2, 0.25) is 0 Å². The van der Waals surface area contributed by atoms with Gasteiger partial charge in [-0.25, -0.2) is 4.98 Å². The maximum atomic E-state index is 12.5. The molecule has 0 fully saturated rings. The van der Waals surface area contributed by atoms with Gasteiger partial charge in [-0.15, -0.1) is 11.3 Å². The fraction of sp³-hybridized carbons (Fsp3) is 0.238. The van der Waals surface area contributed by atoms with E-state index < -0.39 is 0 Å². The third-order valence-corrected chi connectivity index (χ3v) is 5.83. The number of aromatic nitrogens is 1. The van der Waals surface area contributed by atoms with E-state index in [-0.39, 0.29) is 5.91 Å². The molecule has 0 aliphatic heterocycles. The van der Waals surface area contributed by atoms with E-state index in [1.54, 1.807) is 11.8 Å². The lowest BCUT2D eigenvalue weighted by molar-refractivity contribution is 0.102. The van der Waals surface area contributed by atoms with Crippen LogP contribution in [0.25, 0.3) is 11.3 Å². The minimum absolute atomic E-state index is 0.124. The Morgan fingerprint density at radius 3 is 2.46 bits per heavy atom. The number of amides is 1. The monoisotopic (exact) mass is 382 g/mol. The first kappa shape index (κ1) is 18.7. The molecule has 5 heteroatoms. The van der Waals surface area contributed by atoms with Gasteiger partial charge in [0.05, 0.1) is 5.69 Å². The minimum Gasteiger partial charge on any atom is -0.298 e. The van der Waals surface area contributed by atoms with Crippen molar-refractivity contribution >= 4 is 34.1 Å². The Morgan fingerprint density at radius 1 is 1.08 bits per heavy atom. The summed E-state index contributed by atoms with van der Waals surface area (Å²) in [5, 5.41) is 3.56. The van der Waals surface area contributed by atoms with Gasteiger partial charge in [0.1, 0.15) is 0 Å². The summed E-state index contributed by atoms with van der Waals surface area (Å²) in [5.41, 5.74) is 6.39. The van der Waals surface area contributed by atoms with Crippen molar-refractivity contribution in [1.82, 2.24) is 4.98 Å². The lowest BCUT2D eigenvalue weighted by atomic mass is 10.0. The van der Waals surface area contributed by atoms with E-state index in [2.05, 4.69) is 48.6 Å². The predicted molar refractivity (Wildman–Crippen MR) is 113 cm³/mol. The fourth-order valence-electron chi connectivity index (χ4n) is 2.69. The van der Waals surface area contributed by atoms with E-state index in [1.165, 1.54) is 28.0 Å². The highest BCUT2D eigenvalue weighted by Gasteiger charge is 2.13. The average Bonchev–Trinajstić information content (AvgIpc) is 2.98. The van der Waals surface area contributed by atoms with Gasteiger partial charge in [0, 0.05) is 21.8 Å². The maximum Gasteiger partial charge on any atom is 0.257 e. The average molecular weight is 383 g/mol. The Kier molecular flexibility index (Phi) is 5.79. The quantitative estimate of drug-likeness (QED) is 0.602. The number of nitrogens with zero attached hydrogens (tertiary/aromatic N) is 1. The van der Waals surface area contributed by atoms with E-state index in [9.17, 15) is 4.79 Å². The van der Waals surface area contributed by atoms with Crippen LogP contribution >= 0.6 is 23.1 Å². The first-order valence-corrected chi connectivity index (χ1v) is 10.6. The summed E-state index contributed by atoms with van der Waals surface area (Å²) in [5.74, 6) is 0.827. The Bertz CT molecular complexity index is 930. The topological polar surface area (TPSA) is 42.0 Å². The highest BCUT2D eigenvalue weighted by Crippen LogP contribution is 2.31. The number of hydrogen-bond donors (Lipinski definition) is 1. The molecular weight excluding hydrogens is 360 g/mol. The highest BCUT2D eigenvalue weighted by molar-refractivity contribution is 7.97. The van der Waals surface area contributed by atoms with Gasteiger partial charge in [-0.05, 0) is 61.9 Å². The summed E-state index contributed by atoms with van der Waals surface area (Å²) in [6.45, 7) is 6.24. The Labute approximate surface area is 162 Å². The van der Waals surface area contributed by atoms with Crippen LogP contribution in [0.3, 0.4) is 0 Å². The van der Waals surface area contributed by atoms with Crippen molar-refractivity contribution in [2.45, 2.75) is 26.5 Å². The second-order valence-corrected chi connectivity index (χ2v) is 8.38. The number of carbonyl (C=O) groups is 1. The number of nitrogens with one attached hydrogen (secondary N) is 1. The molecule has 1 aromatic heterocycles. The number of thiazole rings is 1. The van der Waals surface area contributed by atoms with Crippen LogP contribution in [0.5, 0.6) is 0 Å². The molecule has 3 nitrogen and oxygen atoms in total. The summed E-state index contributed by atoms with van der Waals surface area (Å²) in [6, 6.07) is 14.1. The van der Waals surface area contributed by atoms with Crippen molar-refractivity contribution < 1.29 is 4.79 Å². The first-order valence-electron chi connectivity index (χ1n) is 8.42. The van der Waals surface area contributed by atoms with Crippen molar-refractivity contribution in [2.75, 3.05) is 11.6 Å². The molecule has 0 atom stereocenters. The summed E-state index contributed by atoms with van der Waals surface area (Å²) in [4.78, 5) is 18.2. The van der Waals surface area contributed by atoms with Crippen LogP contribution in [-0.4, -0.2) is 17.1 Å². The van der Waals surface area contributed by atoms with Gasteiger partial charge in [-0.3, -0.25) is 10.1 Å². The molecule has 3 aromatic rings. The summed E-state index contributed by atoms with van der Waals surface area (Å²) >= 11 is 3.27. The zero-order valence-electron chi connectivity index (χ0n) is 15.4. The van der Waals surface area contributed by atoms with Gasteiger partial charge >= 0.3 is 0 Å². The molecule has 0 aliphatic rings. The number of benzene rings is 2. The molecule has 0 aliphatic carbocycles. The molecule has 134 valence electrons. The molecule has 1 N–H and O–H groups in total. The molecule has 2 aromatic carbocycles. The van der Waals surface area contributed by atoms with Crippen molar-refractivity contribution in [1.29, 1.82) is 0 Å². The third-order valence-electron chi connectivity index (χ3n) is 4.32. The largest absolute Gasteiger partial charge is 0.298 e. The Hall–Kier alpha value is -2.11. The molecule has 0 unspecified atom stereocenters. The number of aryl methyl sites for hydroxylation is 3. The van der Waals surface area contributed by atoms with Crippen LogP contribution in [0.1, 0.15) is 31.9 Å². The SMILES string of the molecule is CSCc1ccc(C(=O)Nc2nc(-c3ccc(C)c(C)c3)c(C)s2)cc1. The molecule has 1 heterocycles. The lowest BCUT2D eigenvalue weighted by Gasteiger charge is -2.04. The van der Waals surface area contributed by atoms with E-state index in [0.29, 0.717) is 10.7 Å². The second-order valence-electron chi connectivity index (χ2n) is 6.31. The summed E-state index contributed by atoms with van der Waals surface area (Å²) < 4.78 is 0. The Morgan fingerprint density at radius 2 is 1.81 bits per heavy atom. The summed E-state index contributed by atoms with van der Waals surface area (Å²) in [7, 11) is 0. The molecule has 0 radical (unpaired) electrons. The molecule has 26 heavy (non-hydrogen) atoms. The van der Waals surface area contributed by atoms with E-state index in [0.717, 1.165) is 21.9 Å². The predicted octanol–water partition coefficient (Wildman–Crippen LogP) is 5.85. The van der Waals surface area contributed by atoms with Crippen LogP contribution in [0, 0.1) is 20.8 Å². The van der Waals surface area contributed by atoms with E-state index >= 15 is 0 Å². The minimum atomic E-state index is -0.124. The fourth-order valence-corrected chi connectivity index (χ4v) is 4.05. The lowest BCUT2D eigenvalue weighted by Crippen LogP contribution is -2.11. The smallest absolute Gasteiger partial charge is 0.257 e. The van der Waals surface area contributed by atoms with Crippen molar-refractivity contribution in [3.63, 3.8) is 0 Å². The van der Waals surface area contributed by atoms with E-state index in [1.807, 2.05) is 31.2 Å². The van der Waals surface area contributed by atoms with Crippen LogP contribution in [0.15, 0.2) is 42.5 Å². The van der Waals surface area contributed by atoms with Crippen molar-refractivity contribution in [3.05, 3.63) is 69.6 Å². The van der Waals surface area contributed by atoms with Gasteiger partial charge in [0.25, 0.3) is 5.91 Å². The van der Waals surface area contributed by atoms with Crippen molar-refractivity contribution in [3.8, 4) is 11.3 Å². The standard InChI is InChI=1S/C21H22N2OS2/c1-13-5-8-18(11-14(13)2)19-15(3)26-21(22-19)23-20(24)17-9-6-16(7-10-17)12-25-4/h5-11H,12H2,1-4H3,(H,22,23,24). The van der Waals surface area contributed by atoms with Crippen LogP contribution < -0.4 is 5.32 Å². The van der Waals surface area contributed by atoms with Gasteiger partial charge in [-0.1, -0.05) is 24.3 Å². The highest BCUT2D eigenvalue weighted by atomic mass is 32.2. The van der Waals surface area contributed by atoms with Crippen LogP contribution in [0.4, 0.5) is 5.13 Å². The molecule has 0 saturated carbocycles. The molecular formula is C21H22N2OS2. The first-order chi connectivity index (χ1) is 12.5. The number of rotatable bonds is 5. The van der Waals surface area contributed by atoms with Gasteiger partial charge in [-0.2, -0.15) is 11.8 Å². The number of anilines is 1. The molecule has 3 rings (SSSR count). The van der Waals surface area contributed by atoms with Crippen molar-refractivity contribution in [2.24, 2.45) is 0 Å². The maximum absolute atomic E-state index is 12.5. The molecule has 1 amide bonds. The number of thioether (sulfide) groups is 1. The third kappa shape index (κ3) is 4.17. The molecule has 0 bridgehead atoms. The molecule has 0 spiro atoms. The summed E-state index contributed by atoms with van der Waals surface area (Å²) in [6.07, 6.45) is 2.07. The van der Waals surface area contributed by atoms with E-state index in [4.69, 9.17) is 0 Å². The Balaban J connectivity index is 1.78. The van der Waals surface area contributed by atoms with Crippen LogP contribution in [0.2, 0.25) is 0 Å².